The summed E-state index contributed by atoms with van der Waals surface area (Å²) in [5, 5.41) is 13.1. The molecule has 1 aliphatic rings. The minimum atomic E-state index is -4.72. The second kappa shape index (κ2) is 9.80. The summed E-state index contributed by atoms with van der Waals surface area (Å²) in [5.74, 6) is -0.142. The first-order chi connectivity index (χ1) is 16.9. The van der Waals surface area contributed by atoms with Crippen molar-refractivity contribution in [1.82, 2.24) is 14.8 Å². The van der Waals surface area contributed by atoms with Crippen LogP contribution in [0.5, 0.6) is 5.75 Å². The number of alkyl halides is 3. The number of carbonyl (C=O) groups is 1. The lowest BCUT2D eigenvalue weighted by molar-refractivity contribution is -0.138. The van der Waals surface area contributed by atoms with Gasteiger partial charge in [-0.15, -0.1) is 0 Å². The Kier molecular flexibility index (Phi) is 6.94. The monoisotopic (exact) mass is 524 g/mol. The van der Waals surface area contributed by atoms with Crippen LogP contribution < -0.4 is 9.04 Å². The fourth-order valence-corrected chi connectivity index (χ4v) is 5.48. The molecule has 36 heavy (non-hydrogen) atoms. The standard InChI is InChI=1S/C23H23F3N4O5S/c1-29-21(27-14-28-29)9-6-15-5-8-20-19(11-15)30(13-17(35-20)7-10-22(31)32)36(33,34)18-4-2-3-16(12-18)23(24,25)26/h2-5,8,11-12,14,17H,6-7,9-10,13H2,1H3,(H,31,32)/t17-/m0/s1. The van der Waals surface area contributed by atoms with Crippen molar-refractivity contribution >= 4 is 21.7 Å². The van der Waals surface area contributed by atoms with Crippen molar-refractivity contribution in [3.05, 3.63) is 65.7 Å². The van der Waals surface area contributed by atoms with Gasteiger partial charge in [-0.1, -0.05) is 12.1 Å². The zero-order valence-corrected chi connectivity index (χ0v) is 20.0. The number of anilines is 1. The molecule has 2 aromatic carbocycles. The number of hydrogen-bond acceptors (Lipinski definition) is 6. The van der Waals surface area contributed by atoms with Crippen LogP contribution >= 0.6 is 0 Å². The average Bonchev–Trinajstić information content (AvgIpc) is 3.24. The van der Waals surface area contributed by atoms with Crippen LogP contribution in [0.25, 0.3) is 0 Å². The Hall–Kier alpha value is -3.61. The number of aliphatic carboxylic acids is 1. The number of sulfonamides is 1. The van der Waals surface area contributed by atoms with Gasteiger partial charge in [-0.2, -0.15) is 18.3 Å². The molecule has 0 radical (unpaired) electrons. The molecule has 1 aromatic heterocycles. The highest BCUT2D eigenvalue weighted by atomic mass is 32.2. The molecule has 0 aliphatic carbocycles. The van der Waals surface area contributed by atoms with Crippen molar-refractivity contribution < 1.29 is 36.2 Å². The minimum absolute atomic E-state index is 0.0251. The summed E-state index contributed by atoms with van der Waals surface area (Å²) in [6.07, 6.45) is -3.29. The minimum Gasteiger partial charge on any atom is -0.486 e. The van der Waals surface area contributed by atoms with Crippen molar-refractivity contribution in [2.75, 3.05) is 10.8 Å². The predicted molar refractivity (Wildman–Crippen MR) is 122 cm³/mol. The Morgan fingerprint density at radius 3 is 2.64 bits per heavy atom. The van der Waals surface area contributed by atoms with Crippen LogP contribution in [0.1, 0.15) is 29.8 Å². The third-order valence-corrected chi connectivity index (χ3v) is 7.60. The maximum atomic E-state index is 13.6. The van der Waals surface area contributed by atoms with Gasteiger partial charge in [-0.25, -0.2) is 13.4 Å². The van der Waals surface area contributed by atoms with Gasteiger partial charge < -0.3 is 9.84 Å². The van der Waals surface area contributed by atoms with Crippen molar-refractivity contribution in [1.29, 1.82) is 0 Å². The topological polar surface area (TPSA) is 115 Å². The van der Waals surface area contributed by atoms with E-state index in [2.05, 4.69) is 10.1 Å². The molecule has 9 nitrogen and oxygen atoms in total. The highest BCUT2D eigenvalue weighted by molar-refractivity contribution is 7.92. The fraction of sp³-hybridized carbons (Fsp3) is 0.348. The summed E-state index contributed by atoms with van der Waals surface area (Å²) in [6, 6.07) is 8.48. The number of carboxylic acid groups (broad SMARTS) is 1. The number of nitrogens with zero attached hydrogens (tertiary/aromatic N) is 4. The van der Waals surface area contributed by atoms with E-state index in [1.165, 1.54) is 6.33 Å². The third kappa shape index (κ3) is 5.45. The van der Waals surface area contributed by atoms with E-state index in [1.807, 2.05) is 0 Å². The number of aromatic nitrogens is 3. The molecule has 4 rings (SSSR count). The quantitative estimate of drug-likeness (QED) is 0.480. The molecule has 0 amide bonds. The number of rotatable bonds is 8. The number of aryl methyl sites for hydroxylation is 3. The molecule has 13 heteroatoms. The number of ether oxygens (including phenoxy) is 1. The normalized spacial score (nSPS) is 15.9. The fourth-order valence-electron chi connectivity index (χ4n) is 3.94. The lowest BCUT2D eigenvalue weighted by atomic mass is 10.1. The van der Waals surface area contributed by atoms with Gasteiger partial charge in [0.15, 0.2) is 0 Å². The number of carboxylic acids is 1. The maximum Gasteiger partial charge on any atom is 0.416 e. The number of hydrogen-bond donors (Lipinski definition) is 1. The van der Waals surface area contributed by atoms with Crippen molar-refractivity contribution in [2.45, 2.75) is 42.9 Å². The van der Waals surface area contributed by atoms with E-state index in [1.54, 1.807) is 29.9 Å². The molecule has 0 saturated heterocycles. The Balaban J connectivity index is 1.70. The van der Waals surface area contributed by atoms with Crippen LogP contribution in [0.4, 0.5) is 18.9 Å². The first-order valence-electron chi connectivity index (χ1n) is 11.0. The Bertz CT molecular complexity index is 1370. The third-order valence-electron chi connectivity index (χ3n) is 5.83. The van der Waals surface area contributed by atoms with E-state index in [4.69, 9.17) is 9.84 Å². The lowest BCUT2D eigenvalue weighted by Crippen LogP contribution is -2.43. The van der Waals surface area contributed by atoms with Gasteiger partial charge in [0.2, 0.25) is 0 Å². The van der Waals surface area contributed by atoms with Crippen LogP contribution in [-0.4, -0.2) is 46.9 Å². The molecular weight excluding hydrogens is 501 g/mol. The molecule has 1 atom stereocenters. The molecule has 3 aromatic rings. The highest BCUT2D eigenvalue weighted by Gasteiger charge is 2.37. The second-order valence-electron chi connectivity index (χ2n) is 8.34. The van der Waals surface area contributed by atoms with Gasteiger partial charge >= 0.3 is 12.1 Å². The number of halogens is 3. The Morgan fingerprint density at radius 1 is 1.19 bits per heavy atom. The smallest absolute Gasteiger partial charge is 0.416 e. The molecule has 2 heterocycles. The molecule has 1 aliphatic heterocycles. The van der Waals surface area contributed by atoms with Gasteiger partial charge in [0, 0.05) is 19.9 Å². The van der Waals surface area contributed by atoms with E-state index >= 15 is 0 Å². The van der Waals surface area contributed by atoms with Gasteiger partial charge in [0.05, 0.1) is 22.7 Å². The molecule has 0 saturated carbocycles. The van der Waals surface area contributed by atoms with Gasteiger partial charge in [-0.05, 0) is 48.7 Å². The summed E-state index contributed by atoms with van der Waals surface area (Å²) < 4.78 is 75.4. The zero-order valence-electron chi connectivity index (χ0n) is 19.1. The largest absolute Gasteiger partial charge is 0.486 e. The van der Waals surface area contributed by atoms with Crippen LogP contribution in [0.2, 0.25) is 0 Å². The first kappa shape index (κ1) is 25.5. The summed E-state index contributed by atoms with van der Waals surface area (Å²) in [4.78, 5) is 14.7. The highest BCUT2D eigenvalue weighted by Crippen LogP contribution is 2.39. The van der Waals surface area contributed by atoms with Crippen LogP contribution in [0, 0.1) is 0 Å². The van der Waals surface area contributed by atoms with Crippen LogP contribution in [0.15, 0.2) is 53.7 Å². The summed E-state index contributed by atoms with van der Waals surface area (Å²) >= 11 is 0. The molecule has 192 valence electrons. The van der Waals surface area contributed by atoms with Gasteiger partial charge in [-0.3, -0.25) is 13.8 Å². The van der Waals surface area contributed by atoms with Crippen molar-refractivity contribution in [2.24, 2.45) is 7.05 Å². The molecule has 0 bridgehead atoms. The molecule has 0 fully saturated rings. The summed E-state index contributed by atoms with van der Waals surface area (Å²) in [6.45, 7) is -0.244. The van der Waals surface area contributed by atoms with E-state index in [-0.39, 0.29) is 30.8 Å². The average molecular weight is 525 g/mol. The van der Waals surface area contributed by atoms with Gasteiger partial charge in [0.1, 0.15) is 24.0 Å². The van der Waals surface area contributed by atoms with Crippen molar-refractivity contribution in [3.63, 3.8) is 0 Å². The summed E-state index contributed by atoms with van der Waals surface area (Å²) in [7, 11) is -2.68. The van der Waals surface area contributed by atoms with Gasteiger partial charge in [0.25, 0.3) is 10.0 Å². The predicted octanol–water partition coefficient (Wildman–Crippen LogP) is 3.44. The zero-order chi connectivity index (χ0) is 26.1. The van der Waals surface area contributed by atoms with E-state index in [9.17, 15) is 26.4 Å². The Labute approximate surface area is 205 Å². The molecule has 0 spiro atoms. The van der Waals surface area contributed by atoms with E-state index in [0.29, 0.717) is 18.9 Å². The molecule has 1 N–H and O–H groups in total. The van der Waals surface area contributed by atoms with E-state index in [0.717, 1.165) is 33.9 Å². The Morgan fingerprint density at radius 2 is 1.97 bits per heavy atom. The first-order valence-corrected chi connectivity index (χ1v) is 12.4. The number of benzene rings is 2. The SMILES string of the molecule is Cn1ncnc1CCc1ccc2c(c1)N(S(=O)(=O)c1cccc(C(F)(F)F)c1)C[C@H](CCC(=O)O)O2. The lowest BCUT2D eigenvalue weighted by Gasteiger charge is -2.35. The molecule has 0 unspecified atom stereocenters. The van der Waals surface area contributed by atoms with E-state index < -0.39 is 38.7 Å². The van der Waals surface area contributed by atoms with Crippen LogP contribution in [-0.2, 0) is 40.9 Å². The number of fused-ring (bicyclic) bond motifs is 1. The molecular formula is C23H23F3N4O5S. The summed E-state index contributed by atoms with van der Waals surface area (Å²) in [5.41, 5.74) is -0.153. The van der Waals surface area contributed by atoms with Crippen LogP contribution in [0.3, 0.4) is 0 Å². The van der Waals surface area contributed by atoms with Crippen molar-refractivity contribution in [3.8, 4) is 5.75 Å². The maximum absolute atomic E-state index is 13.6. The second-order valence-corrected chi connectivity index (χ2v) is 10.2.